The lowest BCUT2D eigenvalue weighted by Crippen LogP contribution is -2.17. The van der Waals surface area contributed by atoms with E-state index in [9.17, 15) is 4.79 Å². The molecule has 18 heavy (non-hydrogen) atoms. The Kier molecular flexibility index (Phi) is 4.33. The van der Waals surface area contributed by atoms with Gasteiger partial charge in [0.15, 0.2) is 5.13 Å². The number of carbonyl (C=O) groups is 1. The van der Waals surface area contributed by atoms with Crippen LogP contribution in [0.3, 0.4) is 0 Å². The highest BCUT2D eigenvalue weighted by molar-refractivity contribution is 7.16. The van der Waals surface area contributed by atoms with Crippen LogP contribution in [0, 0.1) is 0 Å². The number of ether oxygens (including phenoxy) is 1. The van der Waals surface area contributed by atoms with Crippen molar-refractivity contribution in [1.82, 2.24) is 4.98 Å². The predicted octanol–water partition coefficient (Wildman–Crippen LogP) is 1.99. The molecule has 0 saturated carbocycles. The summed E-state index contributed by atoms with van der Waals surface area (Å²) in [6.45, 7) is 2.47. The molecule has 6 heteroatoms. The van der Waals surface area contributed by atoms with Gasteiger partial charge in [-0.3, -0.25) is 0 Å². The standard InChI is InChI=1S/C12H16N2O3S/c1-17-8-9-10(4-5-11(15)16)18-12(13-9)14-6-2-3-7-14/h4-5H,2-3,6-8H2,1H3,(H,15,16)/b5-4+. The van der Waals surface area contributed by atoms with Crippen LogP contribution in [0.15, 0.2) is 6.08 Å². The number of carboxylic acid groups (broad SMARTS) is 1. The molecule has 0 atom stereocenters. The minimum Gasteiger partial charge on any atom is -0.478 e. The van der Waals surface area contributed by atoms with E-state index in [0.29, 0.717) is 6.61 Å². The molecular weight excluding hydrogens is 252 g/mol. The number of aromatic nitrogens is 1. The summed E-state index contributed by atoms with van der Waals surface area (Å²) in [4.78, 5) is 18.2. The van der Waals surface area contributed by atoms with Crippen LogP contribution < -0.4 is 4.90 Å². The van der Waals surface area contributed by atoms with E-state index in [4.69, 9.17) is 9.84 Å². The molecule has 1 aromatic heterocycles. The third kappa shape index (κ3) is 3.08. The lowest BCUT2D eigenvalue weighted by atomic mass is 10.3. The number of nitrogens with zero attached hydrogens (tertiary/aromatic N) is 2. The quantitative estimate of drug-likeness (QED) is 0.827. The molecule has 1 aliphatic rings. The van der Waals surface area contributed by atoms with Gasteiger partial charge in [-0.15, -0.1) is 0 Å². The lowest BCUT2D eigenvalue weighted by Gasteiger charge is -2.12. The zero-order valence-electron chi connectivity index (χ0n) is 10.3. The molecule has 0 bridgehead atoms. The SMILES string of the molecule is COCc1nc(N2CCCC2)sc1/C=C/C(=O)O. The predicted molar refractivity (Wildman–Crippen MR) is 70.9 cm³/mol. The van der Waals surface area contributed by atoms with Crippen molar-refractivity contribution in [2.75, 3.05) is 25.1 Å². The molecule has 0 aromatic carbocycles. The van der Waals surface area contributed by atoms with Crippen molar-refractivity contribution < 1.29 is 14.6 Å². The van der Waals surface area contributed by atoms with Crippen molar-refractivity contribution in [2.24, 2.45) is 0 Å². The van der Waals surface area contributed by atoms with E-state index < -0.39 is 5.97 Å². The molecule has 0 amide bonds. The van der Waals surface area contributed by atoms with Gasteiger partial charge in [0.05, 0.1) is 17.2 Å². The van der Waals surface area contributed by atoms with Crippen LogP contribution in [0.5, 0.6) is 0 Å². The van der Waals surface area contributed by atoms with Gasteiger partial charge >= 0.3 is 5.97 Å². The fraction of sp³-hybridized carbons (Fsp3) is 0.500. The second-order valence-corrected chi connectivity index (χ2v) is 5.12. The van der Waals surface area contributed by atoms with Gasteiger partial charge in [-0.2, -0.15) is 0 Å². The van der Waals surface area contributed by atoms with Gasteiger partial charge in [-0.05, 0) is 18.9 Å². The van der Waals surface area contributed by atoms with Crippen LogP contribution in [-0.2, 0) is 16.1 Å². The lowest BCUT2D eigenvalue weighted by molar-refractivity contribution is -0.131. The first-order chi connectivity index (χ1) is 8.70. The highest BCUT2D eigenvalue weighted by atomic mass is 32.1. The number of carboxylic acids is 1. The molecule has 1 N–H and O–H groups in total. The van der Waals surface area contributed by atoms with Gasteiger partial charge in [0.1, 0.15) is 0 Å². The molecule has 98 valence electrons. The maximum absolute atomic E-state index is 10.6. The molecule has 1 fully saturated rings. The van der Waals surface area contributed by atoms with Gasteiger partial charge in [0.25, 0.3) is 0 Å². The zero-order valence-corrected chi connectivity index (χ0v) is 11.1. The largest absolute Gasteiger partial charge is 0.478 e. The van der Waals surface area contributed by atoms with Crippen LogP contribution in [0.25, 0.3) is 6.08 Å². The average Bonchev–Trinajstić information content (AvgIpc) is 2.95. The maximum Gasteiger partial charge on any atom is 0.328 e. The third-order valence-electron chi connectivity index (χ3n) is 2.75. The van der Waals surface area contributed by atoms with Crippen molar-refractivity contribution in [2.45, 2.75) is 19.4 Å². The second kappa shape index (κ2) is 5.97. The number of hydrogen-bond acceptors (Lipinski definition) is 5. The number of methoxy groups -OCH3 is 1. The smallest absolute Gasteiger partial charge is 0.328 e. The summed E-state index contributed by atoms with van der Waals surface area (Å²) in [6, 6.07) is 0. The van der Waals surface area contributed by atoms with Gasteiger partial charge < -0.3 is 14.7 Å². The van der Waals surface area contributed by atoms with Crippen molar-refractivity contribution in [3.63, 3.8) is 0 Å². The molecule has 0 spiro atoms. The van der Waals surface area contributed by atoms with Gasteiger partial charge in [-0.25, -0.2) is 9.78 Å². The van der Waals surface area contributed by atoms with Crippen LogP contribution in [0.4, 0.5) is 5.13 Å². The van der Waals surface area contributed by atoms with Gasteiger partial charge in [0, 0.05) is 26.3 Å². The number of rotatable bonds is 5. The van der Waals surface area contributed by atoms with Gasteiger partial charge in [0.2, 0.25) is 0 Å². The van der Waals surface area contributed by atoms with Crippen LogP contribution in [0.2, 0.25) is 0 Å². The number of anilines is 1. The number of thiazole rings is 1. The highest BCUT2D eigenvalue weighted by Gasteiger charge is 2.18. The molecule has 0 aliphatic carbocycles. The Morgan fingerprint density at radius 1 is 1.56 bits per heavy atom. The average molecular weight is 268 g/mol. The van der Waals surface area contributed by atoms with E-state index >= 15 is 0 Å². The minimum absolute atomic E-state index is 0.406. The first-order valence-electron chi connectivity index (χ1n) is 5.85. The van der Waals surface area contributed by atoms with Crippen LogP contribution >= 0.6 is 11.3 Å². The molecular formula is C12H16N2O3S. The number of hydrogen-bond donors (Lipinski definition) is 1. The fourth-order valence-corrected chi connectivity index (χ4v) is 2.93. The van der Waals surface area contributed by atoms with E-state index in [1.807, 2.05) is 0 Å². The Morgan fingerprint density at radius 3 is 2.89 bits per heavy atom. The fourth-order valence-electron chi connectivity index (χ4n) is 1.91. The molecule has 0 unspecified atom stereocenters. The summed E-state index contributed by atoms with van der Waals surface area (Å²) in [6.07, 6.45) is 5.12. The molecule has 1 aromatic rings. The minimum atomic E-state index is -0.950. The second-order valence-electron chi connectivity index (χ2n) is 4.11. The normalized spacial score (nSPS) is 15.7. The van der Waals surface area contributed by atoms with Crippen LogP contribution in [0.1, 0.15) is 23.4 Å². The van der Waals surface area contributed by atoms with E-state index in [0.717, 1.165) is 34.9 Å². The van der Waals surface area contributed by atoms with E-state index in [-0.39, 0.29) is 0 Å². The van der Waals surface area contributed by atoms with Crippen molar-refractivity contribution in [3.05, 3.63) is 16.6 Å². The zero-order chi connectivity index (χ0) is 13.0. The molecule has 1 aliphatic heterocycles. The first kappa shape index (κ1) is 13.0. The van der Waals surface area contributed by atoms with Crippen molar-refractivity contribution in [1.29, 1.82) is 0 Å². The Labute approximate surface area is 110 Å². The van der Waals surface area contributed by atoms with Crippen molar-refractivity contribution in [3.8, 4) is 0 Å². The van der Waals surface area contributed by atoms with E-state index in [1.54, 1.807) is 13.2 Å². The van der Waals surface area contributed by atoms with Crippen LogP contribution in [-0.4, -0.2) is 36.3 Å². The summed E-state index contributed by atoms with van der Waals surface area (Å²) < 4.78 is 5.10. The van der Waals surface area contributed by atoms with E-state index in [2.05, 4.69) is 9.88 Å². The summed E-state index contributed by atoms with van der Waals surface area (Å²) in [7, 11) is 1.61. The molecule has 2 rings (SSSR count). The summed E-state index contributed by atoms with van der Waals surface area (Å²) in [5.41, 5.74) is 0.807. The number of aliphatic carboxylic acids is 1. The topological polar surface area (TPSA) is 62.7 Å². The monoisotopic (exact) mass is 268 g/mol. The summed E-state index contributed by atoms with van der Waals surface area (Å²) in [5.74, 6) is -0.950. The summed E-state index contributed by atoms with van der Waals surface area (Å²) >= 11 is 1.52. The van der Waals surface area contributed by atoms with E-state index in [1.165, 1.54) is 24.2 Å². The molecule has 1 saturated heterocycles. The summed E-state index contributed by atoms with van der Waals surface area (Å²) in [5, 5.41) is 9.63. The Bertz CT molecular complexity index is 450. The highest BCUT2D eigenvalue weighted by Crippen LogP contribution is 2.30. The molecule has 2 heterocycles. The maximum atomic E-state index is 10.6. The Balaban J connectivity index is 2.22. The molecule has 0 radical (unpaired) electrons. The molecule has 5 nitrogen and oxygen atoms in total. The first-order valence-corrected chi connectivity index (χ1v) is 6.67. The Hall–Kier alpha value is -1.40. The Morgan fingerprint density at radius 2 is 2.28 bits per heavy atom. The van der Waals surface area contributed by atoms with Gasteiger partial charge in [-0.1, -0.05) is 11.3 Å². The van der Waals surface area contributed by atoms with Crippen molar-refractivity contribution >= 4 is 28.5 Å². The third-order valence-corrected chi connectivity index (χ3v) is 3.87.